The number of anilines is 1. The van der Waals surface area contributed by atoms with Crippen molar-refractivity contribution in [1.82, 2.24) is 25.1 Å². The molecule has 0 spiro atoms. The van der Waals surface area contributed by atoms with E-state index in [1.165, 1.54) is 25.0 Å². The summed E-state index contributed by atoms with van der Waals surface area (Å²) in [4.78, 5) is 16.9. The second-order valence-corrected chi connectivity index (χ2v) is 6.45. The molecule has 0 aliphatic heterocycles. The highest BCUT2D eigenvalue weighted by Gasteiger charge is 2.13. The molecule has 9 heteroatoms. The average molecular weight is 410 g/mol. The van der Waals surface area contributed by atoms with Gasteiger partial charge in [-0.15, -0.1) is 0 Å². The van der Waals surface area contributed by atoms with E-state index in [0.717, 1.165) is 10.9 Å². The third kappa shape index (κ3) is 4.86. The number of benzene rings is 1. The first-order valence-corrected chi connectivity index (χ1v) is 9.53. The van der Waals surface area contributed by atoms with Crippen LogP contribution in [0.5, 0.6) is 5.75 Å². The van der Waals surface area contributed by atoms with E-state index in [0.29, 0.717) is 41.0 Å². The van der Waals surface area contributed by atoms with Gasteiger partial charge < -0.3 is 14.6 Å². The first-order chi connectivity index (χ1) is 14.5. The Bertz CT molecular complexity index is 1110. The average Bonchev–Trinajstić information content (AvgIpc) is 3.17. The minimum atomic E-state index is -0.396. The number of pyridine rings is 1. The van der Waals surface area contributed by atoms with E-state index in [-0.39, 0.29) is 0 Å². The van der Waals surface area contributed by atoms with Gasteiger partial charge in [0.15, 0.2) is 5.82 Å². The topological polar surface area (TPSA) is 98.8 Å². The predicted octanol–water partition coefficient (Wildman–Crippen LogP) is 4.56. The van der Waals surface area contributed by atoms with Gasteiger partial charge in [-0.1, -0.05) is 25.4 Å². The Kier molecular flexibility index (Phi) is 6.84. The van der Waals surface area contributed by atoms with Crippen molar-refractivity contribution >= 4 is 16.7 Å². The summed E-state index contributed by atoms with van der Waals surface area (Å²) < 4.78 is 23.6. The highest BCUT2D eigenvalue weighted by atomic mass is 19.1. The van der Waals surface area contributed by atoms with Gasteiger partial charge in [-0.2, -0.15) is 4.98 Å². The van der Waals surface area contributed by atoms with Crippen LogP contribution in [0.25, 0.3) is 22.2 Å². The summed E-state index contributed by atoms with van der Waals surface area (Å²) in [7, 11) is 1.56. The van der Waals surface area contributed by atoms with Crippen LogP contribution < -0.4 is 10.1 Å². The lowest BCUT2D eigenvalue weighted by Gasteiger charge is -2.11. The van der Waals surface area contributed by atoms with E-state index in [2.05, 4.69) is 44.3 Å². The smallest absolute Gasteiger partial charge is 0.223 e. The number of nitrogens with one attached hydrogen (secondary N) is 1. The molecule has 0 aliphatic rings. The Morgan fingerprint density at radius 3 is 2.57 bits per heavy atom. The number of nitrogens with zero attached hydrogens (tertiary/aromatic N) is 5. The predicted molar refractivity (Wildman–Crippen MR) is 112 cm³/mol. The molecule has 0 radical (unpaired) electrons. The molecule has 1 N–H and O–H groups in total. The van der Waals surface area contributed by atoms with Gasteiger partial charge in [0, 0.05) is 17.9 Å². The molecule has 0 fully saturated rings. The maximum Gasteiger partial charge on any atom is 0.223 e. The molecule has 0 aliphatic carbocycles. The number of hydrogen-bond acceptors (Lipinski definition) is 8. The van der Waals surface area contributed by atoms with Gasteiger partial charge in [-0.05, 0) is 24.3 Å². The molecule has 0 bridgehead atoms. The molecule has 0 amide bonds. The fraction of sp³-hybridized carbons (Fsp3) is 0.286. The first-order valence-electron chi connectivity index (χ1n) is 9.53. The van der Waals surface area contributed by atoms with Crippen molar-refractivity contribution in [2.75, 3.05) is 12.4 Å². The number of rotatable bonds is 5. The Morgan fingerprint density at radius 1 is 1.13 bits per heavy atom. The monoisotopic (exact) mass is 410 g/mol. The van der Waals surface area contributed by atoms with Gasteiger partial charge in [0.2, 0.25) is 5.89 Å². The number of aryl methyl sites for hydroxylation is 1. The fourth-order valence-electron chi connectivity index (χ4n) is 2.70. The van der Waals surface area contributed by atoms with Gasteiger partial charge in [0.25, 0.3) is 0 Å². The summed E-state index contributed by atoms with van der Waals surface area (Å²) in [6, 6.07) is 6.65. The van der Waals surface area contributed by atoms with E-state index in [1.54, 1.807) is 20.1 Å². The van der Waals surface area contributed by atoms with Crippen molar-refractivity contribution in [2.45, 2.75) is 33.7 Å². The zero-order valence-corrected chi connectivity index (χ0v) is 17.3. The number of ether oxygens (including phenoxy) is 1. The van der Waals surface area contributed by atoms with E-state index in [1.807, 2.05) is 12.1 Å². The third-order valence-corrected chi connectivity index (χ3v) is 3.93. The van der Waals surface area contributed by atoms with E-state index < -0.39 is 5.82 Å². The maximum atomic E-state index is 13.2. The Labute approximate surface area is 173 Å². The van der Waals surface area contributed by atoms with Crippen LogP contribution >= 0.6 is 0 Å². The molecule has 4 rings (SSSR count). The largest absolute Gasteiger partial charge is 0.494 e. The number of hydrogen-bond donors (Lipinski definition) is 1. The van der Waals surface area contributed by atoms with Crippen molar-refractivity contribution in [3.8, 4) is 17.0 Å². The van der Waals surface area contributed by atoms with Gasteiger partial charge in [-0.3, -0.25) is 4.98 Å². The number of halogens is 1. The van der Waals surface area contributed by atoms with Crippen LogP contribution in [0.4, 0.5) is 10.2 Å². The van der Waals surface area contributed by atoms with Crippen molar-refractivity contribution < 1.29 is 13.7 Å². The van der Waals surface area contributed by atoms with Gasteiger partial charge in [-0.25, -0.2) is 14.4 Å². The van der Waals surface area contributed by atoms with Crippen molar-refractivity contribution in [2.24, 2.45) is 0 Å². The molecule has 156 valence electrons. The molecule has 30 heavy (non-hydrogen) atoms. The number of aromatic nitrogens is 5. The molecular weight excluding hydrogens is 387 g/mol. The molecule has 0 saturated heterocycles. The number of methoxy groups -OCH3 is 1. The normalized spacial score (nSPS) is 10.4. The summed E-state index contributed by atoms with van der Waals surface area (Å²) in [6.07, 6.45) is 3.87. The van der Waals surface area contributed by atoms with E-state index >= 15 is 0 Å². The van der Waals surface area contributed by atoms with Crippen molar-refractivity contribution in [3.05, 3.63) is 54.3 Å². The van der Waals surface area contributed by atoms with Crippen LogP contribution in [0, 0.1) is 12.7 Å². The molecule has 1 aromatic carbocycles. The molecule has 4 aromatic rings. The summed E-state index contributed by atoms with van der Waals surface area (Å²) in [5.74, 6) is 1.76. The summed E-state index contributed by atoms with van der Waals surface area (Å²) >= 11 is 0. The van der Waals surface area contributed by atoms with Gasteiger partial charge >= 0.3 is 0 Å². The van der Waals surface area contributed by atoms with Crippen LogP contribution in [-0.4, -0.2) is 32.2 Å². The minimum Gasteiger partial charge on any atom is -0.494 e. The fourth-order valence-corrected chi connectivity index (χ4v) is 2.70. The second kappa shape index (κ2) is 9.73. The SMILES string of the molecule is CCC.COc1cc(-c2ccc(F)cn2)cc2c(NCc3noc(C)n3)ncnc12. The van der Waals surface area contributed by atoms with Gasteiger partial charge in [0.05, 0.1) is 25.5 Å². The Hall–Kier alpha value is -3.62. The molecule has 3 aromatic heterocycles. The second-order valence-electron chi connectivity index (χ2n) is 6.45. The Balaban J connectivity index is 0.000000806. The zero-order valence-electron chi connectivity index (χ0n) is 17.3. The Morgan fingerprint density at radius 2 is 1.93 bits per heavy atom. The maximum absolute atomic E-state index is 13.2. The molecule has 3 heterocycles. The lowest BCUT2D eigenvalue weighted by atomic mass is 10.1. The van der Waals surface area contributed by atoms with Crippen LogP contribution in [0.3, 0.4) is 0 Å². The lowest BCUT2D eigenvalue weighted by Crippen LogP contribution is -2.04. The molecule has 8 nitrogen and oxygen atoms in total. The summed E-state index contributed by atoms with van der Waals surface area (Å²) in [6.45, 7) is 6.31. The quantitative estimate of drug-likeness (QED) is 0.511. The molecule has 0 saturated carbocycles. The third-order valence-electron chi connectivity index (χ3n) is 3.93. The van der Waals surface area contributed by atoms with E-state index in [9.17, 15) is 4.39 Å². The number of fused-ring (bicyclic) bond motifs is 1. The lowest BCUT2D eigenvalue weighted by molar-refractivity contribution is 0.388. The van der Waals surface area contributed by atoms with Crippen LogP contribution in [-0.2, 0) is 6.54 Å². The van der Waals surface area contributed by atoms with Gasteiger partial charge in [0.1, 0.15) is 29.2 Å². The highest BCUT2D eigenvalue weighted by Crippen LogP contribution is 2.33. The molecule has 0 unspecified atom stereocenters. The molecule has 0 atom stereocenters. The minimum absolute atomic E-state index is 0.338. The van der Waals surface area contributed by atoms with Crippen LogP contribution in [0.15, 0.2) is 41.3 Å². The first kappa shape index (κ1) is 21.1. The van der Waals surface area contributed by atoms with Crippen molar-refractivity contribution in [3.63, 3.8) is 0 Å². The van der Waals surface area contributed by atoms with Crippen LogP contribution in [0.1, 0.15) is 32.0 Å². The standard InChI is InChI=1S/C18H15FN6O2.C3H8/c1-10-24-16(25-27-10)8-21-18-13-5-11(14-4-3-12(19)7-20-14)6-15(26-2)17(13)22-9-23-18;1-3-2/h3-7,9H,8H2,1-2H3,(H,21,22,23);3H2,1-2H3. The van der Waals surface area contributed by atoms with E-state index in [4.69, 9.17) is 9.26 Å². The van der Waals surface area contributed by atoms with Crippen LogP contribution in [0.2, 0.25) is 0 Å². The summed E-state index contributed by atoms with van der Waals surface area (Å²) in [5.41, 5.74) is 2.01. The zero-order chi connectivity index (χ0) is 21.5. The molecular formula is C21H23FN6O2. The highest BCUT2D eigenvalue weighted by molar-refractivity contribution is 5.96. The summed E-state index contributed by atoms with van der Waals surface area (Å²) in [5, 5.41) is 7.77. The van der Waals surface area contributed by atoms with Crippen molar-refractivity contribution in [1.29, 1.82) is 0 Å².